The van der Waals surface area contributed by atoms with Gasteiger partial charge in [0.1, 0.15) is 17.4 Å². The second kappa shape index (κ2) is 6.43. The number of aryl methyl sites for hydroxylation is 2. The van der Waals surface area contributed by atoms with Crippen LogP contribution in [-0.4, -0.2) is 40.3 Å². The summed E-state index contributed by atoms with van der Waals surface area (Å²) in [7, 11) is 1.82. The van der Waals surface area contributed by atoms with Crippen LogP contribution < -0.4 is 5.32 Å². The first kappa shape index (κ1) is 17.9. The van der Waals surface area contributed by atoms with Crippen molar-refractivity contribution in [2.24, 2.45) is 7.05 Å². The Morgan fingerprint density at radius 1 is 1.21 bits per heavy atom. The van der Waals surface area contributed by atoms with Crippen molar-refractivity contribution in [3.8, 4) is 0 Å². The maximum Gasteiger partial charge on any atom is 0.248 e. The first-order valence-corrected chi connectivity index (χ1v) is 9.54. The molecule has 0 amide bonds. The van der Waals surface area contributed by atoms with E-state index in [1.165, 1.54) is 6.33 Å². The van der Waals surface area contributed by atoms with Crippen LogP contribution >= 0.6 is 0 Å². The van der Waals surface area contributed by atoms with Crippen LogP contribution in [0.1, 0.15) is 42.9 Å². The number of alkyl halides is 2. The van der Waals surface area contributed by atoms with Crippen LogP contribution in [0.25, 0.3) is 16.7 Å². The van der Waals surface area contributed by atoms with E-state index in [0.29, 0.717) is 24.3 Å². The summed E-state index contributed by atoms with van der Waals surface area (Å²) >= 11 is 0. The Morgan fingerprint density at radius 2 is 2.00 bits per heavy atom. The Hall–Kier alpha value is -3.17. The number of anilines is 2. The van der Waals surface area contributed by atoms with E-state index in [1.807, 2.05) is 26.2 Å². The number of aromatic nitrogens is 7. The average molecular weight is 398 g/mol. The zero-order valence-corrected chi connectivity index (χ0v) is 16.1. The molecule has 4 heterocycles. The smallest absolute Gasteiger partial charge is 0.248 e. The second-order valence-electron chi connectivity index (χ2n) is 7.62. The third kappa shape index (κ3) is 3.18. The van der Waals surface area contributed by atoms with Gasteiger partial charge in [-0.15, -0.1) is 0 Å². The van der Waals surface area contributed by atoms with Crippen LogP contribution in [0.5, 0.6) is 0 Å². The number of pyridine rings is 1. The number of rotatable bonds is 3. The van der Waals surface area contributed by atoms with Gasteiger partial charge in [-0.2, -0.15) is 10.2 Å². The monoisotopic (exact) mass is 398 g/mol. The van der Waals surface area contributed by atoms with Gasteiger partial charge in [-0.3, -0.25) is 4.68 Å². The lowest BCUT2D eigenvalue weighted by molar-refractivity contribution is -0.0384. The first-order chi connectivity index (χ1) is 13.9. The summed E-state index contributed by atoms with van der Waals surface area (Å²) < 4.78 is 30.5. The van der Waals surface area contributed by atoms with Crippen molar-refractivity contribution >= 4 is 28.3 Å². The van der Waals surface area contributed by atoms with Crippen molar-refractivity contribution in [2.45, 2.75) is 44.4 Å². The number of halogens is 2. The Kier molecular flexibility index (Phi) is 3.97. The topological polar surface area (TPSA) is 85.8 Å². The van der Waals surface area contributed by atoms with Crippen molar-refractivity contribution in [1.29, 1.82) is 0 Å². The van der Waals surface area contributed by atoms with Crippen LogP contribution in [0.15, 0.2) is 24.8 Å². The molecular weight excluding hydrogens is 378 g/mol. The van der Waals surface area contributed by atoms with Crippen molar-refractivity contribution in [2.75, 3.05) is 5.32 Å². The van der Waals surface area contributed by atoms with Gasteiger partial charge in [0.2, 0.25) is 11.9 Å². The lowest BCUT2D eigenvalue weighted by Gasteiger charge is -2.27. The van der Waals surface area contributed by atoms with Gasteiger partial charge < -0.3 is 5.32 Å². The van der Waals surface area contributed by atoms with Crippen LogP contribution in [-0.2, 0) is 7.05 Å². The molecule has 1 saturated carbocycles. The molecule has 29 heavy (non-hydrogen) atoms. The van der Waals surface area contributed by atoms with E-state index in [2.05, 4.69) is 30.5 Å². The fourth-order valence-corrected chi connectivity index (χ4v) is 3.92. The molecule has 4 aromatic heterocycles. The summed E-state index contributed by atoms with van der Waals surface area (Å²) in [5.41, 5.74) is 4.81. The Labute approximate surface area is 165 Å². The highest BCUT2D eigenvalue weighted by Gasteiger charge is 2.37. The quantitative estimate of drug-likeness (QED) is 0.566. The fourth-order valence-electron chi connectivity index (χ4n) is 3.92. The minimum atomic E-state index is -2.57. The van der Waals surface area contributed by atoms with Gasteiger partial charge in [0.25, 0.3) is 0 Å². The summed E-state index contributed by atoms with van der Waals surface area (Å²) in [6, 6.07) is 1.92. The molecule has 5 rings (SSSR count). The molecule has 0 atom stereocenters. The minimum absolute atomic E-state index is 0.0192. The van der Waals surface area contributed by atoms with Gasteiger partial charge in [-0.25, -0.2) is 28.2 Å². The first-order valence-electron chi connectivity index (χ1n) is 9.54. The predicted molar refractivity (Wildman–Crippen MR) is 103 cm³/mol. The Morgan fingerprint density at radius 3 is 2.79 bits per heavy atom. The summed E-state index contributed by atoms with van der Waals surface area (Å²) in [5, 5.41) is 12.0. The average Bonchev–Trinajstić information content (AvgIpc) is 3.26. The molecule has 4 aromatic rings. The van der Waals surface area contributed by atoms with E-state index < -0.39 is 5.92 Å². The second-order valence-corrected chi connectivity index (χ2v) is 7.62. The maximum atomic E-state index is 13.6. The number of nitrogens with zero attached hydrogens (tertiary/aromatic N) is 7. The molecule has 150 valence electrons. The van der Waals surface area contributed by atoms with Crippen LogP contribution in [0.4, 0.5) is 20.4 Å². The molecule has 0 spiro atoms. The van der Waals surface area contributed by atoms with Gasteiger partial charge in [0.15, 0.2) is 5.65 Å². The molecule has 0 aliphatic heterocycles. The van der Waals surface area contributed by atoms with Crippen molar-refractivity contribution in [1.82, 2.24) is 34.3 Å². The zero-order chi connectivity index (χ0) is 20.2. The van der Waals surface area contributed by atoms with Gasteiger partial charge in [-0.05, 0) is 31.4 Å². The Balaban J connectivity index is 1.50. The molecule has 0 saturated heterocycles. The van der Waals surface area contributed by atoms with Gasteiger partial charge in [0.05, 0.1) is 23.8 Å². The lowest BCUT2D eigenvalue weighted by Crippen LogP contribution is -2.24. The molecule has 0 radical (unpaired) electrons. The van der Waals surface area contributed by atoms with Crippen molar-refractivity contribution in [3.05, 3.63) is 36.0 Å². The molecule has 0 bridgehead atoms. The Bertz CT molecular complexity index is 1200. The van der Waals surface area contributed by atoms with Crippen LogP contribution in [0, 0.1) is 6.92 Å². The lowest BCUT2D eigenvalue weighted by atomic mass is 9.84. The number of nitrogens with one attached hydrogen (secondary N) is 1. The standard InChI is InChI=1S/C19H20F2N8/c1-11-7-15-23-10-24-29(15)9-13(11)25-18-22-8-14-17(26-18)16(27-28(14)2)12-3-5-19(20,21)6-4-12/h7-10,12H,3-6H2,1-2H3,(H,22,25,26). The minimum Gasteiger partial charge on any atom is -0.323 e. The number of hydrogen-bond acceptors (Lipinski definition) is 6. The third-order valence-electron chi connectivity index (χ3n) is 5.59. The van der Waals surface area contributed by atoms with E-state index in [9.17, 15) is 8.78 Å². The van der Waals surface area contributed by atoms with Crippen molar-refractivity contribution < 1.29 is 8.78 Å². The molecule has 10 heteroatoms. The van der Waals surface area contributed by atoms with Crippen molar-refractivity contribution in [3.63, 3.8) is 0 Å². The van der Waals surface area contributed by atoms with Crippen LogP contribution in [0.2, 0.25) is 0 Å². The van der Waals surface area contributed by atoms with E-state index in [4.69, 9.17) is 0 Å². The molecule has 1 fully saturated rings. The van der Waals surface area contributed by atoms with E-state index in [-0.39, 0.29) is 18.8 Å². The molecule has 0 aromatic carbocycles. The van der Waals surface area contributed by atoms with Gasteiger partial charge in [0, 0.05) is 25.8 Å². The molecule has 1 aliphatic rings. The van der Waals surface area contributed by atoms with Gasteiger partial charge in [-0.1, -0.05) is 0 Å². The van der Waals surface area contributed by atoms with E-state index in [1.54, 1.807) is 15.4 Å². The summed E-state index contributed by atoms with van der Waals surface area (Å²) in [6.45, 7) is 1.97. The molecule has 0 unspecified atom stereocenters. The van der Waals surface area contributed by atoms with Crippen LogP contribution in [0.3, 0.4) is 0 Å². The number of hydrogen-bond donors (Lipinski definition) is 1. The van der Waals surface area contributed by atoms with E-state index in [0.717, 1.165) is 28.1 Å². The highest BCUT2D eigenvalue weighted by atomic mass is 19.3. The largest absolute Gasteiger partial charge is 0.323 e. The predicted octanol–water partition coefficient (Wildman–Crippen LogP) is 3.75. The highest BCUT2D eigenvalue weighted by molar-refractivity contribution is 5.79. The summed E-state index contributed by atoms with van der Waals surface area (Å²) in [4.78, 5) is 13.3. The molecule has 1 aliphatic carbocycles. The normalized spacial score (nSPS) is 17.2. The van der Waals surface area contributed by atoms with E-state index >= 15 is 0 Å². The summed E-state index contributed by atoms with van der Waals surface area (Å²) in [5.74, 6) is -2.16. The molecule has 1 N–H and O–H groups in total. The highest BCUT2D eigenvalue weighted by Crippen LogP contribution is 2.42. The zero-order valence-electron chi connectivity index (χ0n) is 16.1. The summed E-state index contributed by atoms with van der Waals surface area (Å²) in [6.07, 6.45) is 5.64. The van der Waals surface area contributed by atoms with Gasteiger partial charge >= 0.3 is 0 Å². The molecular formula is C19H20F2N8. The third-order valence-corrected chi connectivity index (χ3v) is 5.59. The fraction of sp³-hybridized carbons (Fsp3) is 0.421. The molecule has 8 nitrogen and oxygen atoms in total. The number of fused-ring (bicyclic) bond motifs is 2. The SMILES string of the molecule is Cc1cc2ncnn2cc1Nc1ncc2c(n1)c(C1CCC(F)(F)CC1)nn2C. The maximum absolute atomic E-state index is 13.6.